The fraction of sp³-hybridized carbons (Fsp3) is 0.467. The second-order valence-electron chi connectivity index (χ2n) is 5.42. The highest BCUT2D eigenvalue weighted by Gasteiger charge is 2.22. The second kappa shape index (κ2) is 8.02. The van der Waals surface area contributed by atoms with Crippen molar-refractivity contribution >= 4 is 27.9 Å². The van der Waals surface area contributed by atoms with Gasteiger partial charge in [-0.1, -0.05) is 48.0 Å². The number of carbonyl (C=O) groups excluding carboxylic acids is 1. The Kier molecular flexibility index (Phi) is 6.68. The van der Waals surface area contributed by atoms with Crippen molar-refractivity contribution in [1.29, 1.82) is 0 Å². The van der Waals surface area contributed by atoms with Crippen LogP contribution in [-0.2, 0) is 11.3 Å². The maximum absolute atomic E-state index is 12.1. The molecule has 0 aromatic heterocycles. The van der Waals surface area contributed by atoms with E-state index in [1.165, 1.54) is 4.90 Å². The van der Waals surface area contributed by atoms with Gasteiger partial charge in [0.1, 0.15) is 6.04 Å². The van der Waals surface area contributed by atoms with Crippen molar-refractivity contribution < 1.29 is 14.7 Å². The predicted octanol–water partition coefficient (Wildman–Crippen LogP) is 3.09. The summed E-state index contributed by atoms with van der Waals surface area (Å²) in [7, 11) is 1.64. The molecule has 1 atom stereocenters. The molecule has 0 radical (unpaired) electrons. The number of nitrogens with zero attached hydrogens (tertiary/aromatic N) is 1. The second-order valence-corrected chi connectivity index (χ2v) is 6.27. The summed E-state index contributed by atoms with van der Waals surface area (Å²) in [6, 6.07) is 6.36. The summed E-state index contributed by atoms with van der Waals surface area (Å²) < 4.78 is 0.918. The molecule has 1 aromatic carbocycles. The van der Waals surface area contributed by atoms with E-state index in [-0.39, 0.29) is 11.9 Å². The van der Waals surface area contributed by atoms with Crippen LogP contribution in [-0.4, -0.2) is 35.1 Å². The zero-order valence-electron chi connectivity index (χ0n) is 12.5. The Labute approximate surface area is 133 Å². The summed E-state index contributed by atoms with van der Waals surface area (Å²) in [6.07, 6.45) is 0.407. The van der Waals surface area contributed by atoms with Gasteiger partial charge in [-0.15, -0.1) is 0 Å². The van der Waals surface area contributed by atoms with E-state index in [0.717, 1.165) is 10.0 Å². The summed E-state index contributed by atoms with van der Waals surface area (Å²) in [5, 5.41) is 11.7. The molecule has 21 heavy (non-hydrogen) atoms. The van der Waals surface area contributed by atoms with E-state index in [9.17, 15) is 9.59 Å². The Bertz CT molecular complexity index is 505. The molecule has 0 aliphatic heterocycles. The molecule has 2 N–H and O–H groups in total. The van der Waals surface area contributed by atoms with Crippen molar-refractivity contribution in [3.05, 3.63) is 34.3 Å². The van der Waals surface area contributed by atoms with E-state index in [1.54, 1.807) is 7.05 Å². The maximum atomic E-state index is 12.1. The average Bonchev–Trinajstić information content (AvgIpc) is 2.39. The Morgan fingerprint density at radius 3 is 2.48 bits per heavy atom. The third-order valence-corrected chi connectivity index (χ3v) is 3.79. The normalized spacial score (nSPS) is 12.0. The number of carbonyl (C=O) groups is 2. The van der Waals surface area contributed by atoms with Crippen LogP contribution in [0, 0.1) is 5.92 Å². The lowest BCUT2D eigenvalue weighted by molar-refractivity contribution is -0.139. The van der Waals surface area contributed by atoms with Crippen LogP contribution in [0.25, 0.3) is 0 Å². The van der Waals surface area contributed by atoms with Crippen molar-refractivity contribution in [2.75, 3.05) is 7.05 Å². The Hall–Kier alpha value is -1.56. The summed E-state index contributed by atoms with van der Waals surface area (Å²) in [5.74, 6) is -0.814. The number of urea groups is 1. The quantitative estimate of drug-likeness (QED) is 0.822. The minimum Gasteiger partial charge on any atom is -0.480 e. The standard InChI is InChI=1S/C15H21BrN2O3/c1-10(2)8-13(14(19)20)17-15(21)18(3)9-11-6-4-5-7-12(11)16/h4-7,10,13H,8-9H2,1-3H3,(H,17,21)(H,19,20). The summed E-state index contributed by atoms with van der Waals surface area (Å²) in [6.45, 7) is 4.25. The molecule has 0 saturated heterocycles. The minimum absolute atomic E-state index is 0.194. The highest BCUT2D eigenvalue weighted by atomic mass is 79.9. The number of hydrogen-bond acceptors (Lipinski definition) is 2. The number of aliphatic carboxylic acids is 1. The van der Waals surface area contributed by atoms with Gasteiger partial charge in [-0.3, -0.25) is 0 Å². The monoisotopic (exact) mass is 356 g/mol. The third-order valence-electron chi connectivity index (χ3n) is 3.01. The number of hydrogen-bond donors (Lipinski definition) is 2. The van der Waals surface area contributed by atoms with Crippen LogP contribution in [0.5, 0.6) is 0 Å². The van der Waals surface area contributed by atoms with E-state index >= 15 is 0 Å². The van der Waals surface area contributed by atoms with Crippen LogP contribution in [0.1, 0.15) is 25.8 Å². The smallest absolute Gasteiger partial charge is 0.326 e. The van der Waals surface area contributed by atoms with Gasteiger partial charge in [0, 0.05) is 18.1 Å². The first-order valence-corrected chi connectivity index (χ1v) is 7.58. The van der Waals surface area contributed by atoms with E-state index in [2.05, 4.69) is 21.2 Å². The molecule has 0 aliphatic rings. The Morgan fingerprint density at radius 2 is 1.95 bits per heavy atom. The van der Waals surface area contributed by atoms with Gasteiger partial charge in [0.25, 0.3) is 0 Å². The van der Waals surface area contributed by atoms with Gasteiger partial charge in [-0.2, -0.15) is 0 Å². The fourth-order valence-electron chi connectivity index (χ4n) is 1.91. The van der Waals surface area contributed by atoms with E-state index in [0.29, 0.717) is 13.0 Å². The van der Waals surface area contributed by atoms with Crippen LogP contribution in [0.3, 0.4) is 0 Å². The molecule has 116 valence electrons. The number of halogens is 1. The highest BCUT2D eigenvalue weighted by molar-refractivity contribution is 9.10. The zero-order valence-corrected chi connectivity index (χ0v) is 14.1. The Balaban J connectivity index is 2.65. The highest BCUT2D eigenvalue weighted by Crippen LogP contribution is 2.17. The fourth-order valence-corrected chi connectivity index (χ4v) is 2.32. The molecule has 2 amide bonds. The predicted molar refractivity (Wildman–Crippen MR) is 85.0 cm³/mol. The third kappa shape index (κ3) is 5.75. The summed E-state index contributed by atoms with van der Waals surface area (Å²) in [5.41, 5.74) is 0.964. The lowest BCUT2D eigenvalue weighted by Crippen LogP contribution is -2.47. The zero-order chi connectivity index (χ0) is 16.0. The number of benzene rings is 1. The van der Waals surface area contributed by atoms with E-state index < -0.39 is 12.0 Å². The van der Waals surface area contributed by atoms with Crippen molar-refractivity contribution in [1.82, 2.24) is 10.2 Å². The van der Waals surface area contributed by atoms with Crippen LogP contribution in [0.4, 0.5) is 4.79 Å². The van der Waals surface area contributed by atoms with Gasteiger partial charge < -0.3 is 15.3 Å². The number of carboxylic acids is 1. The van der Waals surface area contributed by atoms with Gasteiger partial charge >= 0.3 is 12.0 Å². The number of nitrogens with one attached hydrogen (secondary N) is 1. The molecule has 1 aromatic rings. The summed E-state index contributed by atoms with van der Waals surface area (Å²) in [4.78, 5) is 24.7. The van der Waals surface area contributed by atoms with Gasteiger partial charge in [0.05, 0.1) is 0 Å². The van der Waals surface area contributed by atoms with Gasteiger partial charge in [-0.05, 0) is 24.0 Å². The minimum atomic E-state index is -1.01. The average molecular weight is 357 g/mol. The van der Waals surface area contributed by atoms with E-state index in [4.69, 9.17) is 5.11 Å². The molecule has 0 saturated carbocycles. The van der Waals surface area contributed by atoms with Crippen LogP contribution in [0.15, 0.2) is 28.7 Å². The molecular formula is C15H21BrN2O3. The molecular weight excluding hydrogens is 336 g/mol. The van der Waals surface area contributed by atoms with Gasteiger partial charge in [0.2, 0.25) is 0 Å². The molecule has 0 heterocycles. The van der Waals surface area contributed by atoms with Crippen molar-refractivity contribution in [3.63, 3.8) is 0 Å². The number of rotatable bonds is 6. The molecule has 1 rings (SSSR count). The van der Waals surface area contributed by atoms with E-state index in [1.807, 2.05) is 38.1 Å². The van der Waals surface area contributed by atoms with Crippen molar-refractivity contribution in [2.24, 2.45) is 5.92 Å². The van der Waals surface area contributed by atoms with Crippen LogP contribution >= 0.6 is 15.9 Å². The first-order valence-electron chi connectivity index (χ1n) is 6.79. The molecule has 0 bridgehead atoms. The van der Waals surface area contributed by atoms with Crippen molar-refractivity contribution in [3.8, 4) is 0 Å². The molecule has 0 fully saturated rings. The number of carboxylic acid groups (broad SMARTS) is 1. The topological polar surface area (TPSA) is 69.6 Å². The largest absolute Gasteiger partial charge is 0.480 e. The van der Waals surface area contributed by atoms with Gasteiger partial charge in [-0.25, -0.2) is 9.59 Å². The maximum Gasteiger partial charge on any atom is 0.326 e. The Morgan fingerprint density at radius 1 is 1.33 bits per heavy atom. The molecule has 0 spiro atoms. The summed E-state index contributed by atoms with van der Waals surface area (Å²) >= 11 is 3.43. The van der Waals surface area contributed by atoms with Crippen LogP contribution < -0.4 is 5.32 Å². The lowest BCUT2D eigenvalue weighted by Gasteiger charge is -2.22. The molecule has 1 unspecified atom stereocenters. The first-order chi connectivity index (χ1) is 9.81. The van der Waals surface area contributed by atoms with Crippen LogP contribution in [0.2, 0.25) is 0 Å². The molecule has 6 heteroatoms. The molecule has 0 aliphatic carbocycles. The first kappa shape index (κ1) is 17.5. The van der Waals surface area contributed by atoms with Gasteiger partial charge in [0.15, 0.2) is 0 Å². The lowest BCUT2D eigenvalue weighted by atomic mass is 10.0. The molecule has 5 nitrogen and oxygen atoms in total. The SMILES string of the molecule is CC(C)CC(NC(=O)N(C)Cc1ccccc1Br)C(=O)O. The number of amides is 2. The van der Waals surface area contributed by atoms with Crippen molar-refractivity contribution in [2.45, 2.75) is 32.9 Å².